The monoisotopic (exact) mass is 257 g/mol. The molecule has 0 saturated carbocycles. The minimum Gasteiger partial charge on any atom is -0.312 e. The molecule has 0 saturated heterocycles. The van der Waals surface area contributed by atoms with Gasteiger partial charge in [-0.15, -0.1) is 0 Å². The van der Waals surface area contributed by atoms with Crippen molar-refractivity contribution in [3.63, 3.8) is 0 Å². The lowest BCUT2D eigenvalue weighted by Crippen LogP contribution is -2.17. The number of benzene rings is 2. The molecular formula is C17H20FN. The van der Waals surface area contributed by atoms with Gasteiger partial charge in [0.2, 0.25) is 0 Å². The van der Waals surface area contributed by atoms with Gasteiger partial charge >= 0.3 is 0 Å². The number of hydrogen-bond donors (Lipinski definition) is 1. The molecule has 0 heterocycles. The summed E-state index contributed by atoms with van der Waals surface area (Å²) in [5.41, 5.74) is 4.81. The largest absolute Gasteiger partial charge is 0.312 e. The summed E-state index contributed by atoms with van der Waals surface area (Å²) >= 11 is 0. The van der Waals surface area contributed by atoms with Gasteiger partial charge in [-0.3, -0.25) is 0 Å². The number of hydrogen-bond acceptors (Lipinski definition) is 1. The minimum absolute atomic E-state index is 0.166. The van der Waals surface area contributed by atoms with Crippen molar-refractivity contribution >= 4 is 0 Å². The molecule has 0 aliphatic rings. The number of aryl methyl sites for hydroxylation is 2. The molecule has 2 aromatic carbocycles. The summed E-state index contributed by atoms with van der Waals surface area (Å²) in [6.45, 7) is 5.78. The summed E-state index contributed by atoms with van der Waals surface area (Å²) < 4.78 is 13.0. The fourth-order valence-corrected chi connectivity index (χ4v) is 2.18. The zero-order chi connectivity index (χ0) is 13.7. The predicted octanol–water partition coefficient (Wildman–Crippen LogP) is 3.77. The zero-order valence-corrected chi connectivity index (χ0v) is 11.5. The van der Waals surface area contributed by atoms with E-state index in [2.05, 4.69) is 36.5 Å². The van der Waals surface area contributed by atoms with Crippen LogP contribution in [0.3, 0.4) is 0 Å². The summed E-state index contributed by atoms with van der Waals surface area (Å²) in [7, 11) is 0. The normalized spacial score (nSPS) is 10.7. The smallest absolute Gasteiger partial charge is 0.123 e. The van der Waals surface area contributed by atoms with E-state index < -0.39 is 0 Å². The van der Waals surface area contributed by atoms with Crippen LogP contribution in [0, 0.1) is 19.7 Å². The highest BCUT2D eigenvalue weighted by Gasteiger charge is 2.00. The van der Waals surface area contributed by atoms with E-state index in [4.69, 9.17) is 0 Å². The van der Waals surface area contributed by atoms with Gasteiger partial charge in [0.25, 0.3) is 0 Å². The van der Waals surface area contributed by atoms with E-state index in [9.17, 15) is 4.39 Å². The van der Waals surface area contributed by atoms with Crippen molar-refractivity contribution in [2.24, 2.45) is 0 Å². The zero-order valence-electron chi connectivity index (χ0n) is 11.5. The Bertz CT molecular complexity index is 549. The molecule has 0 bridgehead atoms. The van der Waals surface area contributed by atoms with Gasteiger partial charge in [-0.05, 0) is 55.6 Å². The van der Waals surface area contributed by atoms with Crippen LogP contribution in [-0.4, -0.2) is 6.54 Å². The molecule has 0 unspecified atom stereocenters. The van der Waals surface area contributed by atoms with E-state index >= 15 is 0 Å². The maximum atomic E-state index is 13.0. The van der Waals surface area contributed by atoms with Gasteiger partial charge in [0, 0.05) is 6.54 Å². The Morgan fingerprint density at radius 2 is 1.89 bits per heavy atom. The molecule has 100 valence electrons. The van der Waals surface area contributed by atoms with Crippen LogP contribution in [0.25, 0.3) is 0 Å². The van der Waals surface area contributed by atoms with Crippen LogP contribution in [0.2, 0.25) is 0 Å². The van der Waals surface area contributed by atoms with E-state index in [1.54, 1.807) is 6.07 Å². The van der Waals surface area contributed by atoms with Gasteiger partial charge < -0.3 is 5.32 Å². The Labute approximate surface area is 114 Å². The molecule has 0 atom stereocenters. The second kappa shape index (κ2) is 6.48. The van der Waals surface area contributed by atoms with Crippen LogP contribution in [0.1, 0.15) is 22.3 Å². The van der Waals surface area contributed by atoms with E-state index in [0.717, 1.165) is 30.6 Å². The summed E-state index contributed by atoms with van der Waals surface area (Å²) in [5, 5.41) is 3.41. The van der Waals surface area contributed by atoms with Crippen LogP contribution >= 0.6 is 0 Å². The Balaban J connectivity index is 1.81. The first kappa shape index (κ1) is 13.8. The molecule has 0 fully saturated rings. The van der Waals surface area contributed by atoms with Gasteiger partial charge in [0.1, 0.15) is 5.82 Å². The first-order valence-corrected chi connectivity index (χ1v) is 6.66. The van der Waals surface area contributed by atoms with Crippen LogP contribution in [0.15, 0.2) is 42.5 Å². The highest BCUT2D eigenvalue weighted by atomic mass is 19.1. The second-order valence-electron chi connectivity index (χ2n) is 4.99. The van der Waals surface area contributed by atoms with Crippen molar-refractivity contribution in [3.05, 3.63) is 70.5 Å². The fourth-order valence-electron chi connectivity index (χ4n) is 2.18. The summed E-state index contributed by atoms with van der Waals surface area (Å²) in [5.74, 6) is -0.166. The third-order valence-electron chi connectivity index (χ3n) is 3.29. The van der Waals surface area contributed by atoms with E-state index in [1.165, 1.54) is 17.2 Å². The molecule has 1 nitrogen and oxygen atoms in total. The molecule has 0 aliphatic heterocycles. The van der Waals surface area contributed by atoms with Gasteiger partial charge in [-0.2, -0.15) is 0 Å². The van der Waals surface area contributed by atoms with Crippen molar-refractivity contribution in [3.8, 4) is 0 Å². The Kier molecular flexibility index (Phi) is 4.69. The average molecular weight is 257 g/mol. The highest BCUT2D eigenvalue weighted by molar-refractivity contribution is 5.26. The number of nitrogens with one attached hydrogen (secondary N) is 1. The molecule has 2 heteroatoms. The highest BCUT2D eigenvalue weighted by Crippen LogP contribution is 2.10. The Hall–Kier alpha value is -1.67. The molecule has 2 aromatic rings. The first-order valence-electron chi connectivity index (χ1n) is 6.66. The maximum absolute atomic E-state index is 13.0. The molecular weight excluding hydrogens is 237 g/mol. The fraction of sp³-hybridized carbons (Fsp3) is 0.294. The molecule has 0 spiro atoms. The molecule has 19 heavy (non-hydrogen) atoms. The predicted molar refractivity (Wildman–Crippen MR) is 77.7 cm³/mol. The Morgan fingerprint density at radius 1 is 1.05 bits per heavy atom. The van der Waals surface area contributed by atoms with Gasteiger partial charge in [0.05, 0.1) is 0 Å². The van der Waals surface area contributed by atoms with Gasteiger partial charge in [-0.25, -0.2) is 4.39 Å². The molecule has 0 aromatic heterocycles. The molecule has 2 rings (SSSR count). The second-order valence-corrected chi connectivity index (χ2v) is 4.99. The van der Waals surface area contributed by atoms with Gasteiger partial charge in [0.15, 0.2) is 0 Å². The van der Waals surface area contributed by atoms with E-state index in [1.807, 2.05) is 13.0 Å². The molecule has 1 N–H and O–H groups in total. The van der Waals surface area contributed by atoms with Crippen molar-refractivity contribution in [2.45, 2.75) is 26.8 Å². The van der Waals surface area contributed by atoms with Crippen LogP contribution in [0.4, 0.5) is 4.39 Å². The SMILES string of the molecule is Cc1cccc(CCNCc2ccc(F)cc2C)c1. The standard InChI is InChI=1S/C17H20FN/c1-13-4-3-5-15(10-13)8-9-19-12-16-6-7-17(18)11-14(16)2/h3-7,10-11,19H,8-9,12H2,1-2H3. The maximum Gasteiger partial charge on any atom is 0.123 e. The van der Waals surface area contributed by atoms with Crippen molar-refractivity contribution in [1.29, 1.82) is 0 Å². The summed E-state index contributed by atoms with van der Waals surface area (Å²) in [6, 6.07) is 13.5. The summed E-state index contributed by atoms with van der Waals surface area (Å²) in [4.78, 5) is 0. The van der Waals surface area contributed by atoms with Crippen LogP contribution in [-0.2, 0) is 13.0 Å². The molecule has 0 aliphatic carbocycles. The van der Waals surface area contributed by atoms with E-state index in [-0.39, 0.29) is 5.82 Å². The third-order valence-corrected chi connectivity index (χ3v) is 3.29. The Morgan fingerprint density at radius 3 is 2.63 bits per heavy atom. The lowest BCUT2D eigenvalue weighted by molar-refractivity contribution is 0.623. The van der Waals surface area contributed by atoms with E-state index in [0.29, 0.717) is 0 Å². The lowest BCUT2D eigenvalue weighted by atomic mass is 10.1. The van der Waals surface area contributed by atoms with Crippen LogP contribution in [0.5, 0.6) is 0 Å². The first-order chi connectivity index (χ1) is 9.15. The van der Waals surface area contributed by atoms with Crippen molar-refractivity contribution < 1.29 is 4.39 Å². The average Bonchev–Trinajstić information content (AvgIpc) is 2.37. The molecule has 0 amide bonds. The van der Waals surface area contributed by atoms with Crippen molar-refractivity contribution in [1.82, 2.24) is 5.32 Å². The number of halogens is 1. The quantitative estimate of drug-likeness (QED) is 0.804. The molecule has 0 radical (unpaired) electrons. The topological polar surface area (TPSA) is 12.0 Å². The summed E-state index contributed by atoms with van der Waals surface area (Å²) in [6.07, 6.45) is 1.02. The third kappa shape index (κ3) is 4.18. The minimum atomic E-state index is -0.166. The van der Waals surface area contributed by atoms with Crippen LogP contribution < -0.4 is 5.32 Å². The van der Waals surface area contributed by atoms with Crippen molar-refractivity contribution in [2.75, 3.05) is 6.54 Å². The lowest BCUT2D eigenvalue weighted by Gasteiger charge is -2.08. The number of rotatable bonds is 5. The van der Waals surface area contributed by atoms with Gasteiger partial charge in [-0.1, -0.05) is 35.9 Å².